The number of carbonyl (C=O) groups is 2. The number of hydrogen-bond acceptors (Lipinski definition) is 2. The van der Waals surface area contributed by atoms with Gasteiger partial charge in [0.2, 0.25) is 5.91 Å². The van der Waals surface area contributed by atoms with E-state index in [1.165, 1.54) is 0 Å². The fourth-order valence-corrected chi connectivity index (χ4v) is 3.49. The summed E-state index contributed by atoms with van der Waals surface area (Å²) in [4.78, 5) is 27.0. The Morgan fingerprint density at radius 3 is 2.37 bits per heavy atom. The Labute approximate surface area is 178 Å². The molecule has 0 fully saturated rings. The highest BCUT2D eigenvalue weighted by atomic mass is 16.2. The molecule has 0 aliphatic rings. The average molecular weight is 404 g/mol. The molecule has 0 aliphatic carbocycles. The predicted octanol–water partition coefficient (Wildman–Crippen LogP) is 5.35. The number of nitrogens with zero attached hydrogens (tertiary/aromatic N) is 1. The molecule has 5 heteroatoms. The Morgan fingerprint density at radius 1 is 0.900 bits per heavy atom. The molecule has 0 saturated heterocycles. The third kappa shape index (κ3) is 5.60. The Balaban J connectivity index is 1.59. The number of benzene rings is 3. The third-order valence-corrected chi connectivity index (χ3v) is 5.10. The van der Waals surface area contributed by atoms with Gasteiger partial charge in [-0.05, 0) is 30.4 Å². The highest BCUT2D eigenvalue weighted by Crippen LogP contribution is 2.23. The maximum Gasteiger partial charge on any atom is 0.321 e. The number of fused-ring (bicyclic) bond motifs is 1. The van der Waals surface area contributed by atoms with Crippen LogP contribution in [-0.4, -0.2) is 29.9 Å². The van der Waals surface area contributed by atoms with Crippen molar-refractivity contribution in [2.45, 2.75) is 32.7 Å². The van der Waals surface area contributed by atoms with Gasteiger partial charge in [0.15, 0.2) is 0 Å². The Hall–Kier alpha value is -3.34. The highest BCUT2D eigenvalue weighted by Gasteiger charge is 2.16. The van der Waals surface area contributed by atoms with Crippen molar-refractivity contribution in [1.82, 2.24) is 10.2 Å². The SMILES string of the molecule is CCCN(CCC(=O)NC(C)c1ccccc1)C(=O)Nc1cccc2ccccc12. The second-order valence-electron chi connectivity index (χ2n) is 7.39. The number of nitrogens with one attached hydrogen (secondary N) is 2. The van der Waals surface area contributed by atoms with E-state index in [-0.39, 0.29) is 24.4 Å². The van der Waals surface area contributed by atoms with Crippen LogP contribution in [0.3, 0.4) is 0 Å². The van der Waals surface area contributed by atoms with Crippen LogP contribution in [0.15, 0.2) is 72.8 Å². The van der Waals surface area contributed by atoms with Crippen LogP contribution in [0, 0.1) is 0 Å². The van der Waals surface area contributed by atoms with E-state index in [1.807, 2.05) is 86.6 Å². The molecular formula is C25H29N3O2. The van der Waals surface area contributed by atoms with Gasteiger partial charge in [0.05, 0.1) is 11.7 Å². The van der Waals surface area contributed by atoms with Crippen LogP contribution >= 0.6 is 0 Å². The molecule has 2 N–H and O–H groups in total. The summed E-state index contributed by atoms with van der Waals surface area (Å²) in [5, 5.41) is 8.10. The van der Waals surface area contributed by atoms with Crippen molar-refractivity contribution < 1.29 is 9.59 Å². The third-order valence-electron chi connectivity index (χ3n) is 5.10. The summed E-state index contributed by atoms with van der Waals surface area (Å²) in [5.74, 6) is -0.0644. The molecule has 3 aromatic rings. The highest BCUT2D eigenvalue weighted by molar-refractivity contribution is 6.01. The Kier molecular flexibility index (Phi) is 7.44. The quantitative estimate of drug-likeness (QED) is 0.532. The minimum Gasteiger partial charge on any atom is -0.350 e. The Bertz CT molecular complexity index is 983. The van der Waals surface area contributed by atoms with Crippen LogP contribution in [-0.2, 0) is 4.79 Å². The molecule has 0 heterocycles. The number of anilines is 1. The van der Waals surface area contributed by atoms with Crippen molar-refractivity contribution in [3.63, 3.8) is 0 Å². The number of amides is 3. The number of carbonyl (C=O) groups excluding carboxylic acids is 2. The number of rotatable bonds is 8. The monoisotopic (exact) mass is 403 g/mol. The minimum absolute atomic E-state index is 0.0644. The Morgan fingerprint density at radius 2 is 1.60 bits per heavy atom. The molecule has 5 nitrogen and oxygen atoms in total. The van der Waals surface area contributed by atoms with Crippen LogP contribution in [0.1, 0.15) is 38.3 Å². The van der Waals surface area contributed by atoms with E-state index in [0.29, 0.717) is 13.1 Å². The molecule has 0 saturated carbocycles. The smallest absolute Gasteiger partial charge is 0.321 e. The maximum absolute atomic E-state index is 12.9. The van der Waals surface area contributed by atoms with Crippen LogP contribution in [0.4, 0.5) is 10.5 Å². The van der Waals surface area contributed by atoms with Gasteiger partial charge in [-0.3, -0.25) is 4.79 Å². The summed E-state index contributed by atoms with van der Waals surface area (Å²) in [5.41, 5.74) is 1.84. The lowest BCUT2D eigenvalue weighted by Crippen LogP contribution is -2.38. The first-order valence-corrected chi connectivity index (χ1v) is 10.5. The summed E-state index contributed by atoms with van der Waals surface area (Å²) in [6.45, 7) is 4.95. The van der Waals surface area contributed by atoms with E-state index >= 15 is 0 Å². The van der Waals surface area contributed by atoms with E-state index in [9.17, 15) is 9.59 Å². The van der Waals surface area contributed by atoms with Gasteiger partial charge in [-0.15, -0.1) is 0 Å². The lowest BCUT2D eigenvalue weighted by Gasteiger charge is -2.23. The summed E-state index contributed by atoms with van der Waals surface area (Å²) >= 11 is 0. The summed E-state index contributed by atoms with van der Waals surface area (Å²) in [7, 11) is 0. The van der Waals surface area contributed by atoms with E-state index < -0.39 is 0 Å². The largest absolute Gasteiger partial charge is 0.350 e. The molecule has 3 rings (SSSR count). The molecular weight excluding hydrogens is 374 g/mol. The van der Waals surface area contributed by atoms with E-state index in [0.717, 1.165) is 28.4 Å². The van der Waals surface area contributed by atoms with Crippen LogP contribution in [0.2, 0.25) is 0 Å². The zero-order valence-corrected chi connectivity index (χ0v) is 17.6. The van der Waals surface area contributed by atoms with E-state index in [4.69, 9.17) is 0 Å². The summed E-state index contributed by atoms with van der Waals surface area (Å²) in [6.07, 6.45) is 1.09. The van der Waals surface area contributed by atoms with Crippen molar-refractivity contribution in [2.24, 2.45) is 0 Å². The predicted molar refractivity (Wildman–Crippen MR) is 122 cm³/mol. The van der Waals surface area contributed by atoms with Gasteiger partial charge in [0, 0.05) is 24.9 Å². The topological polar surface area (TPSA) is 61.4 Å². The van der Waals surface area contributed by atoms with Gasteiger partial charge >= 0.3 is 6.03 Å². The second kappa shape index (κ2) is 10.4. The van der Waals surface area contributed by atoms with Gasteiger partial charge in [-0.25, -0.2) is 4.79 Å². The molecule has 156 valence electrons. The fourth-order valence-electron chi connectivity index (χ4n) is 3.49. The lowest BCUT2D eigenvalue weighted by atomic mass is 10.1. The van der Waals surface area contributed by atoms with Crippen LogP contribution < -0.4 is 10.6 Å². The number of urea groups is 1. The first-order chi connectivity index (χ1) is 14.6. The fraction of sp³-hybridized carbons (Fsp3) is 0.280. The molecule has 0 bridgehead atoms. The maximum atomic E-state index is 12.9. The van der Waals surface area contributed by atoms with E-state index in [2.05, 4.69) is 10.6 Å². The van der Waals surface area contributed by atoms with Gasteiger partial charge in [-0.2, -0.15) is 0 Å². The summed E-state index contributed by atoms with van der Waals surface area (Å²) < 4.78 is 0. The number of hydrogen-bond donors (Lipinski definition) is 2. The first-order valence-electron chi connectivity index (χ1n) is 10.5. The lowest BCUT2D eigenvalue weighted by molar-refractivity contribution is -0.121. The molecule has 0 aromatic heterocycles. The van der Waals surface area contributed by atoms with E-state index in [1.54, 1.807) is 4.90 Å². The van der Waals surface area contributed by atoms with Crippen LogP contribution in [0.25, 0.3) is 10.8 Å². The standard InChI is InChI=1S/C25H29N3O2/c1-3-17-28(18-16-24(29)26-19(2)20-10-5-4-6-11-20)25(30)27-23-15-9-13-21-12-7-8-14-22(21)23/h4-15,19H,3,16-18H2,1-2H3,(H,26,29)(H,27,30). The molecule has 0 spiro atoms. The normalized spacial score (nSPS) is 11.7. The minimum atomic E-state index is -0.183. The summed E-state index contributed by atoms with van der Waals surface area (Å²) in [6, 6.07) is 23.4. The first kappa shape index (κ1) is 21.4. The molecule has 3 aromatic carbocycles. The van der Waals surface area contributed by atoms with Crippen molar-refractivity contribution in [2.75, 3.05) is 18.4 Å². The molecule has 1 unspecified atom stereocenters. The van der Waals surface area contributed by atoms with Gasteiger partial charge in [-0.1, -0.05) is 73.7 Å². The molecule has 30 heavy (non-hydrogen) atoms. The molecule has 0 radical (unpaired) electrons. The van der Waals surface area contributed by atoms with Gasteiger partial charge < -0.3 is 15.5 Å². The van der Waals surface area contributed by atoms with Crippen molar-refractivity contribution in [1.29, 1.82) is 0 Å². The molecule has 0 aliphatic heterocycles. The van der Waals surface area contributed by atoms with Crippen LogP contribution in [0.5, 0.6) is 0 Å². The average Bonchev–Trinajstić information content (AvgIpc) is 2.77. The molecule has 1 atom stereocenters. The zero-order chi connectivity index (χ0) is 21.3. The second-order valence-corrected chi connectivity index (χ2v) is 7.39. The van der Waals surface area contributed by atoms with Gasteiger partial charge in [0.1, 0.15) is 0 Å². The molecule has 3 amide bonds. The zero-order valence-electron chi connectivity index (χ0n) is 17.6. The van der Waals surface area contributed by atoms with Crippen molar-refractivity contribution in [3.8, 4) is 0 Å². The van der Waals surface area contributed by atoms with Gasteiger partial charge in [0.25, 0.3) is 0 Å². The van der Waals surface area contributed by atoms with Crippen molar-refractivity contribution >= 4 is 28.4 Å². The van der Waals surface area contributed by atoms with Crippen molar-refractivity contribution in [3.05, 3.63) is 78.4 Å².